The second-order valence-corrected chi connectivity index (χ2v) is 4.17. The first-order valence-electron chi connectivity index (χ1n) is 4.66. The van der Waals surface area contributed by atoms with Gasteiger partial charge in [0.15, 0.2) is 5.78 Å². The number of furan rings is 1. The van der Waals surface area contributed by atoms with Crippen molar-refractivity contribution >= 4 is 29.0 Å². The van der Waals surface area contributed by atoms with Crippen LogP contribution in [0.1, 0.15) is 15.9 Å². The van der Waals surface area contributed by atoms with Gasteiger partial charge in [-0.3, -0.25) is 4.79 Å². The van der Waals surface area contributed by atoms with Gasteiger partial charge < -0.3 is 4.42 Å². The summed E-state index contributed by atoms with van der Waals surface area (Å²) in [5.41, 5.74) is 1.40. The van der Waals surface area contributed by atoms with E-state index in [-0.39, 0.29) is 12.2 Å². The molecule has 0 saturated carbocycles. The number of Topliss-reactive ketones (excluding diaryl/α,β-unsaturated/α-hetero) is 1. The Labute approximate surface area is 103 Å². The van der Waals surface area contributed by atoms with Gasteiger partial charge in [-0.2, -0.15) is 0 Å². The zero-order chi connectivity index (χ0) is 11.5. The van der Waals surface area contributed by atoms with E-state index in [1.807, 2.05) is 0 Å². The normalized spacial score (nSPS) is 10.4. The number of carbonyl (C=O) groups excluding carboxylic acids is 1. The van der Waals surface area contributed by atoms with Gasteiger partial charge >= 0.3 is 0 Å². The van der Waals surface area contributed by atoms with Crippen LogP contribution in [-0.4, -0.2) is 5.78 Å². The number of hydrogen-bond acceptors (Lipinski definition) is 2. The van der Waals surface area contributed by atoms with Crippen LogP contribution in [0.15, 0.2) is 41.2 Å². The molecule has 1 aromatic carbocycles. The molecule has 4 heteroatoms. The van der Waals surface area contributed by atoms with E-state index in [0.717, 1.165) is 5.56 Å². The highest BCUT2D eigenvalue weighted by Gasteiger charge is 2.09. The highest BCUT2D eigenvalue weighted by atomic mass is 35.5. The van der Waals surface area contributed by atoms with Crippen molar-refractivity contribution in [1.29, 1.82) is 0 Å². The first-order valence-corrected chi connectivity index (χ1v) is 5.42. The van der Waals surface area contributed by atoms with Crippen LogP contribution in [0.5, 0.6) is 0 Å². The van der Waals surface area contributed by atoms with Crippen molar-refractivity contribution in [2.75, 3.05) is 0 Å². The maximum absolute atomic E-state index is 11.7. The number of carbonyl (C=O) groups is 1. The lowest BCUT2D eigenvalue weighted by Crippen LogP contribution is -2.01. The van der Waals surface area contributed by atoms with Crippen LogP contribution in [-0.2, 0) is 6.42 Å². The van der Waals surface area contributed by atoms with Gasteiger partial charge in [0.2, 0.25) is 0 Å². The quantitative estimate of drug-likeness (QED) is 0.775. The molecule has 2 rings (SSSR count). The van der Waals surface area contributed by atoms with Crippen molar-refractivity contribution in [2.24, 2.45) is 0 Å². The fourth-order valence-electron chi connectivity index (χ4n) is 1.36. The molecule has 1 aromatic heterocycles. The maximum atomic E-state index is 11.7. The van der Waals surface area contributed by atoms with Crippen molar-refractivity contribution in [2.45, 2.75) is 6.42 Å². The molecule has 0 aliphatic rings. The minimum Gasteiger partial charge on any atom is -0.472 e. The van der Waals surface area contributed by atoms with E-state index in [1.165, 1.54) is 12.5 Å². The minimum atomic E-state index is -0.00728. The molecule has 0 N–H and O–H groups in total. The van der Waals surface area contributed by atoms with Gasteiger partial charge in [-0.05, 0) is 23.8 Å². The van der Waals surface area contributed by atoms with Crippen LogP contribution in [0, 0.1) is 0 Å². The fraction of sp³-hybridized carbons (Fsp3) is 0.0833. The second kappa shape index (κ2) is 4.73. The van der Waals surface area contributed by atoms with E-state index >= 15 is 0 Å². The highest BCUT2D eigenvalue weighted by molar-refractivity contribution is 6.42. The Morgan fingerprint density at radius 2 is 2.00 bits per heavy atom. The van der Waals surface area contributed by atoms with Gasteiger partial charge in [0.25, 0.3) is 0 Å². The van der Waals surface area contributed by atoms with E-state index in [4.69, 9.17) is 27.6 Å². The standard InChI is InChI=1S/C12H8Cl2O2/c13-10-2-1-8(5-11(10)14)6-12(15)9-3-4-16-7-9/h1-5,7H,6H2. The minimum absolute atomic E-state index is 0.00728. The Morgan fingerprint density at radius 1 is 1.19 bits per heavy atom. The lowest BCUT2D eigenvalue weighted by molar-refractivity contribution is 0.0992. The van der Waals surface area contributed by atoms with E-state index in [9.17, 15) is 4.79 Å². The number of hydrogen-bond donors (Lipinski definition) is 0. The van der Waals surface area contributed by atoms with Crippen LogP contribution in [0.4, 0.5) is 0 Å². The largest absolute Gasteiger partial charge is 0.472 e. The van der Waals surface area contributed by atoms with E-state index in [0.29, 0.717) is 15.6 Å². The number of ketones is 1. The number of halogens is 2. The predicted octanol–water partition coefficient (Wildman–Crippen LogP) is 4.01. The summed E-state index contributed by atoms with van der Waals surface area (Å²) in [7, 11) is 0. The Kier molecular flexibility index (Phi) is 3.32. The zero-order valence-electron chi connectivity index (χ0n) is 8.24. The van der Waals surface area contributed by atoms with Crippen LogP contribution in [0.3, 0.4) is 0 Å². The molecule has 0 bridgehead atoms. The van der Waals surface area contributed by atoms with Crippen molar-refractivity contribution in [3.8, 4) is 0 Å². The first kappa shape index (κ1) is 11.2. The van der Waals surface area contributed by atoms with Crippen molar-refractivity contribution in [1.82, 2.24) is 0 Å². The topological polar surface area (TPSA) is 30.2 Å². The third-order valence-electron chi connectivity index (χ3n) is 2.19. The summed E-state index contributed by atoms with van der Waals surface area (Å²) < 4.78 is 4.85. The summed E-state index contributed by atoms with van der Waals surface area (Å²) in [6.07, 6.45) is 3.19. The summed E-state index contributed by atoms with van der Waals surface area (Å²) in [5.74, 6) is -0.00728. The van der Waals surface area contributed by atoms with Crippen molar-refractivity contribution < 1.29 is 9.21 Å². The third kappa shape index (κ3) is 2.46. The molecule has 0 saturated heterocycles. The Morgan fingerprint density at radius 3 is 2.62 bits per heavy atom. The monoisotopic (exact) mass is 254 g/mol. The van der Waals surface area contributed by atoms with Crippen LogP contribution >= 0.6 is 23.2 Å². The lowest BCUT2D eigenvalue weighted by atomic mass is 10.1. The molecule has 2 aromatic rings. The van der Waals surface area contributed by atoms with E-state index in [2.05, 4.69) is 0 Å². The molecule has 0 radical (unpaired) electrons. The van der Waals surface area contributed by atoms with Crippen LogP contribution < -0.4 is 0 Å². The Balaban J connectivity index is 2.15. The number of rotatable bonds is 3. The maximum Gasteiger partial charge on any atom is 0.170 e. The highest BCUT2D eigenvalue weighted by Crippen LogP contribution is 2.23. The average Bonchev–Trinajstić information content (AvgIpc) is 2.77. The molecular formula is C12H8Cl2O2. The van der Waals surface area contributed by atoms with Gasteiger partial charge in [-0.1, -0.05) is 29.3 Å². The Bertz CT molecular complexity index is 504. The summed E-state index contributed by atoms with van der Waals surface area (Å²) in [6, 6.07) is 6.80. The SMILES string of the molecule is O=C(Cc1ccc(Cl)c(Cl)c1)c1ccoc1. The van der Waals surface area contributed by atoms with E-state index in [1.54, 1.807) is 24.3 Å². The summed E-state index contributed by atoms with van der Waals surface area (Å²) >= 11 is 11.6. The molecule has 82 valence electrons. The van der Waals surface area contributed by atoms with Gasteiger partial charge in [0.1, 0.15) is 6.26 Å². The molecule has 0 fully saturated rings. The molecule has 0 unspecified atom stereocenters. The molecule has 1 heterocycles. The summed E-state index contributed by atoms with van der Waals surface area (Å²) in [6.45, 7) is 0. The molecule has 0 aliphatic heterocycles. The Hall–Kier alpha value is -1.25. The molecule has 0 aliphatic carbocycles. The number of benzene rings is 1. The molecule has 0 atom stereocenters. The average molecular weight is 255 g/mol. The van der Waals surface area contributed by atoms with Gasteiger partial charge in [-0.25, -0.2) is 0 Å². The summed E-state index contributed by atoms with van der Waals surface area (Å²) in [5, 5.41) is 0.945. The molecule has 16 heavy (non-hydrogen) atoms. The summed E-state index contributed by atoms with van der Waals surface area (Å²) in [4.78, 5) is 11.7. The smallest absolute Gasteiger partial charge is 0.170 e. The van der Waals surface area contributed by atoms with Crippen LogP contribution in [0.25, 0.3) is 0 Å². The fourth-order valence-corrected chi connectivity index (χ4v) is 1.68. The van der Waals surface area contributed by atoms with Gasteiger partial charge in [0, 0.05) is 6.42 Å². The van der Waals surface area contributed by atoms with Crippen molar-refractivity contribution in [3.63, 3.8) is 0 Å². The molecular weight excluding hydrogens is 247 g/mol. The molecule has 0 spiro atoms. The lowest BCUT2D eigenvalue weighted by Gasteiger charge is -2.01. The zero-order valence-corrected chi connectivity index (χ0v) is 9.76. The third-order valence-corrected chi connectivity index (χ3v) is 2.93. The molecule has 2 nitrogen and oxygen atoms in total. The van der Waals surface area contributed by atoms with E-state index < -0.39 is 0 Å². The second-order valence-electron chi connectivity index (χ2n) is 3.36. The van der Waals surface area contributed by atoms with Gasteiger partial charge in [-0.15, -0.1) is 0 Å². The molecule has 0 amide bonds. The van der Waals surface area contributed by atoms with Crippen molar-refractivity contribution in [3.05, 3.63) is 58.0 Å². The van der Waals surface area contributed by atoms with Gasteiger partial charge in [0.05, 0.1) is 21.9 Å². The first-order chi connectivity index (χ1) is 7.66. The van der Waals surface area contributed by atoms with Crippen LogP contribution in [0.2, 0.25) is 10.0 Å². The predicted molar refractivity (Wildman–Crippen MR) is 63.2 cm³/mol.